The van der Waals surface area contributed by atoms with Crippen LogP contribution in [0, 0.1) is 11.8 Å². The van der Waals surface area contributed by atoms with Gasteiger partial charge in [0.15, 0.2) is 0 Å². The van der Waals surface area contributed by atoms with Gasteiger partial charge in [0.05, 0.1) is 0 Å². The minimum absolute atomic E-state index is 0. The first kappa shape index (κ1) is 7.48. The molecule has 2 unspecified atom stereocenters. The second kappa shape index (κ2) is 2.98. The molecule has 1 radical (unpaired) electrons. The summed E-state index contributed by atoms with van der Waals surface area (Å²) in [4.78, 5) is 0. The van der Waals surface area contributed by atoms with Gasteiger partial charge in [-0.25, -0.2) is 0 Å². The first-order valence-electron chi connectivity index (χ1n) is 3.13. The van der Waals surface area contributed by atoms with Gasteiger partial charge in [-0.15, -0.1) is 0 Å². The molecule has 1 fully saturated rings. The first-order valence-corrected chi connectivity index (χ1v) is 3.13. The number of fused-ring (bicyclic) bond motifs is 2. The van der Waals surface area contributed by atoms with Crippen molar-refractivity contribution in [3.05, 3.63) is 12.2 Å². The molecule has 0 nitrogen and oxygen atoms in total. The topological polar surface area (TPSA) is 0 Å². The van der Waals surface area contributed by atoms with E-state index in [1.165, 1.54) is 19.3 Å². The first-order chi connectivity index (χ1) is 3.45. The van der Waals surface area contributed by atoms with Gasteiger partial charge in [0.1, 0.15) is 0 Å². The van der Waals surface area contributed by atoms with Crippen molar-refractivity contribution in [3.8, 4) is 0 Å². The Morgan fingerprint density at radius 1 is 1.00 bits per heavy atom. The molecule has 2 bridgehead atoms. The molecule has 0 spiro atoms. The summed E-state index contributed by atoms with van der Waals surface area (Å²) in [6.07, 6.45) is 9.19. The quantitative estimate of drug-likeness (QED) is 0.348. The maximum atomic E-state index is 2.38. The van der Waals surface area contributed by atoms with E-state index in [4.69, 9.17) is 0 Å². The molecule has 0 heterocycles. The fourth-order valence-corrected chi connectivity index (χ4v) is 1.72. The zero-order valence-corrected chi connectivity index (χ0v) is 8.55. The summed E-state index contributed by atoms with van der Waals surface area (Å²) in [5.41, 5.74) is 0. The molecule has 2 aliphatic rings. The Morgan fingerprint density at radius 2 is 1.50 bits per heavy atom. The van der Waals surface area contributed by atoms with E-state index < -0.39 is 0 Å². The minimum atomic E-state index is 0. The van der Waals surface area contributed by atoms with Crippen LogP contribution in [0.15, 0.2) is 12.2 Å². The fraction of sp³-hybridized carbons (Fsp3) is 0.714. The van der Waals surface area contributed by atoms with Gasteiger partial charge < -0.3 is 0 Å². The van der Waals surface area contributed by atoms with E-state index >= 15 is 0 Å². The molecule has 0 aromatic carbocycles. The van der Waals surface area contributed by atoms with Gasteiger partial charge in [-0.1, -0.05) is 12.2 Å². The monoisotopic (exact) mass is 133 g/mol. The molecule has 2 rings (SSSR count). The normalized spacial score (nSPS) is 40.0. The molecule has 2 aliphatic carbocycles. The van der Waals surface area contributed by atoms with Gasteiger partial charge in [-0.05, 0) is 31.1 Å². The number of hydrogen-bond acceptors (Lipinski definition) is 0. The van der Waals surface area contributed by atoms with Crippen LogP contribution >= 0.6 is 0 Å². The maximum Gasteiger partial charge on any atom is 0 e. The summed E-state index contributed by atoms with van der Waals surface area (Å²) < 4.78 is 0. The predicted octanol–water partition coefficient (Wildman–Crippen LogP) is 1.59. The zero-order valence-electron chi connectivity index (χ0n) is 5.43. The van der Waals surface area contributed by atoms with Gasteiger partial charge in [-0.2, -0.15) is 0 Å². The van der Waals surface area contributed by atoms with E-state index in [0.29, 0.717) is 0 Å². The Balaban J connectivity index is 0.000000320. The van der Waals surface area contributed by atoms with E-state index in [0.717, 1.165) is 11.8 Å². The molecule has 1 saturated carbocycles. The molecular weight excluding hydrogens is 123 g/mol. The Hall–Kier alpha value is 1.38. The van der Waals surface area contributed by atoms with E-state index in [1.807, 2.05) is 0 Å². The summed E-state index contributed by atoms with van der Waals surface area (Å²) in [6.45, 7) is 0. The second-order valence-corrected chi connectivity index (χ2v) is 2.72. The van der Waals surface area contributed by atoms with Crippen molar-refractivity contribution < 1.29 is 0 Å². The smallest absolute Gasteiger partial charge is 0 e. The molecule has 0 N–H and O–H groups in total. The van der Waals surface area contributed by atoms with Crippen molar-refractivity contribution in [3.63, 3.8) is 0 Å². The van der Waals surface area contributed by atoms with E-state index in [-0.39, 0.29) is 51.4 Å². The molecular formula is C7H10K. The number of rotatable bonds is 0. The van der Waals surface area contributed by atoms with Crippen LogP contribution in [-0.2, 0) is 0 Å². The van der Waals surface area contributed by atoms with Crippen molar-refractivity contribution in [1.29, 1.82) is 0 Å². The molecule has 0 aliphatic heterocycles. The van der Waals surface area contributed by atoms with Gasteiger partial charge in [-0.3, -0.25) is 0 Å². The van der Waals surface area contributed by atoms with E-state index in [9.17, 15) is 0 Å². The molecule has 2 atom stereocenters. The van der Waals surface area contributed by atoms with E-state index in [2.05, 4.69) is 12.2 Å². The molecule has 0 amide bonds. The Labute approximate surface area is 93.2 Å². The molecule has 0 saturated heterocycles. The Bertz CT molecular complexity index is 95.0. The predicted molar refractivity (Wildman–Crippen MR) is 35.7 cm³/mol. The summed E-state index contributed by atoms with van der Waals surface area (Å²) >= 11 is 0. The van der Waals surface area contributed by atoms with Gasteiger partial charge in [0.2, 0.25) is 0 Å². The third-order valence-electron chi connectivity index (χ3n) is 2.17. The Morgan fingerprint density at radius 3 is 1.62 bits per heavy atom. The third kappa shape index (κ3) is 1.27. The largest absolute Gasteiger partial charge is 0.0851 e. The van der Waals surface area contributed by atoms with Gasteiger partial charge >= 0.3 is 0 Å². The second-order valence-electron chi connectivity index (χ2n) is 2.72. The van der Waals surface area contributed by atoms with Crippen LogP contribution < -0.4 is 0 Å². The fourth-order valence-electron chi connectivity index (χ4n) is 1.72. The number of hydrogen-bond donors (Lipinski definition) is 0. The van der Waals surface area contributed by atoms with Crippen molar-refractivity contribution in [2.45, 2.75) is 19.3 Å². The van der Waals surface area contributed by atoms with Gasteiger partial charge in [0, 0.05) is 51.4 Å². The van der Waals surface area contributed by atoms with Crippen LogP contribution in [0.25, 0.3) is 0 Å². The number of allylic oxidation sites excluding steroid dienone is 2. The van der Waals surface area contributed by atoms with Crippen LogP contribution in [0.1, 0.15) is 19.3 Å². The van der Waals surface area contributed by atoms with Crippen molar-refractivity contribution in [1.82, 2.24) is 0 Å². The molecule has 1 heteroatoms. The minimum Gasteiger partial charge on any atom is -0.0851 e. The summed E-state index contributed by atoms with van der Waals surface area (Å²) in [6, 6.07) is 0. The van der Waals surface area contributed by atoms with Crippen molar-refractivity contribution in [2.24, 2.45) is 11.8 Å². The molecule has 0 aromatic heterocycles. The van der Waals surface area contributed by atoms with E-state index in [1.54, 1.807) is 0 Å². The van der Waals surface area contributed by atoms with Crippen molar-refractivity contribution in [2.75, 3.05) is 0 Å². The average Bonchev–Trinajstić information content (AvgIpc) is 2.22. The summed E-state index contributed by atoms with van der Waals surface area (Å²) in [7, 11) is 0. The van der Waals surface area contributed by atoms with Crippen LogP contribution in [-0.4, -0.2) is 51.4 Å². The standard InChI is InChI=1S/C7H10.K/c1-2-7-4-3-6(1)5-7;/h1-2,6-7H,3-5H2;. The summed E-state index contributed by atoms with van der Waals surface area (Å²) in [5.74, 6) is 1.98. The van der Waals surface area contributed by atoms with Crippen molar-refractivity contribution >= 4 is 51.4 Å². The maximum absolute atomic E-state index is 2.38. The zero-order chi connectivity index (χ0) is 4.69. The average molecular weight is 133 g/mol. The van der Waals surface area contributed by atoms with Crippen LogP contribution in [0.4, 0.5) is 0 Å². The summed E-state index contributed by atoms with van der Waals surface area (Å²) in [5, 5.41) is 0. The molecule has 39 valence electrons. The third-order valence-corrected chi connectivity index (χ3v) is 2.17. The van der Waals surface area contributed by atoms with Crippen LogP contribution in [0.5, 0.6) is 0 Å². The van der Waals surface area contributed by atoms with Crippen LogP contribution in [0.2, 0.25) is 0 Å². The Kier molecular flexibility index (Phi) is 2.78. The SMILES string of the molecule is C1=CC2CCC1C2.[K]. The van der Waals surface area contributed by atoms with Gasteiger partial charge in [0.25, 0.3) is 0 Å². The van der Waals surface area contributed by atoms with Crippen LogP contribution in [0.3, 0.4) is 0 Å². The molecule has 8 heavy (non-hydrogen) atoms. The molecule has 0 aromatic rings.